The second kappa shape index (κ2) is 9.02. The Morgan fingerprint density at radius 1 is 1.04 bits per heavy atom. The van der Waals surface area contributed by atoms with E-state index in [-0.39, 0.29) is 12.3 Å². The molecule has 4 nitrogen and oxygen atoms in total. The Morgan fingerprint density at radius 3 is 2.15 bits per heavy atom. The summed E-state index contributed by atoms with van der Waals surface area (Å²) in [6, 6.07) is 17.1. The lowest BCUT2D eigenvalue weighted by molar-refractivity contribution is -0.165. The number of benzene rings is 2. The fraction of sp³-hybridized carbons (Fsp3) is 0.200. The number of alkyl halides is 3. The Balaban J connectivity index is 2.17. The van der Waals surface area contributed by atoms with Crippen LogP contribution in [0.15, 0.2) is 72.9 Å². The van der Waals surface area contributed by atoms with Crippen LogP contribution >= 0.6 is 0 Å². The van der Waals surface area contributed by atoms with Crippen molar-refractivity contribution in [1.82, 2.24) is 5.32 Å². The minimum Gasteiger partial charge on any atom is -0.379 e. The molecule has 0 bridgehead atoms. The van der Waals surface area contributed by atoms with Gasteiger partial charge < -0.3 is 10.2 Å². The second-order valence-electron chi connectivity index (χ2n) is 5.84. The summed E-state index contributed by atoms with van der Waals surface area (Å²) in [7, 11) is 1.59. The summed E-state index contributed by atoms with van der Waals surface area (Å²) in [4.78, 5) is 25.2. The van der Waals surface area contributed by atoms with Crippen molar-refractivity contribution < 1.29 is 22.8 Å². The van der Waals surface area contributed by atoms with Crippen molar-refractivity contribution in [3.05, 3.63) is 78.5 Å². The number of carbonyl (C=O) groups excluding carboxylic acids is 2. The largest absolute Gasteiger partial charge is 0.454 e. The van der Waals surface area contributed by atoms with Crippen molar-refractivity contribution >= 4 is 17.4 Å². The number of likely N-dealkylation sites (N-methyl/N-ethyl adjacent to an activating group) is 1. The van der Waals surface area contributed by atoms with Crippen LogP contribution in [0, 0.1) is 0 Å². The third kappa shape index (κ3) is 5.99. The van der Waals surface area contributed by atoms with Crippen molar-refractivity contribution in [3.8, 4) is 0 Å². The summed E-state index contributed by atoms with van der Waals surface area (Å²) in [5.74, 6) is -2.33. The molecule has 0 aliphatic carbocycles. The van der Waals surface area contributed by atoms with Crippen LogP contribution in [-0.4, -0.2) is 31.0 Å². The van der Waals surface area contributed by atoms with Crippen LogP contribution in [-0.2, 0) is 16.0 Å². The molecule has 0 fully saturated rings. The van der Waals surface area contributed by atoms with Gasteiger partial charge in [-0.1, -0.05) is 48.5 Å². The van der Waals surface area contributed by atoms with E-state index in [0.29, 0.717) is 11.8 Å². The number of halogens is 3. The Hall–Kier alpha value is -3.09. The van der Waals surface area contributed by atoms with Gasteiger partial charge in [0.2, 0.25) is 5.91 Å². The third-order valence-electron chi connectivity index (χ3n) is 3.87. The van der Waals surface area contributed by atoms with Gasteiger partial charge >= 0.3 is 6.18 Å². The zero-order chi connectivity index (χ0) is 19.9. The van der Waals surface area contributed by atoms with E-state index in [1.165, 1.54) is 4.90 Å². The van der Waals surface area contributed by atoms with Gasteiger partial charge in [0.1, 0.15) is 6.04 Å². The highest BCUT2D eigenvalue weighted by atomic mass is 19.4. The predicted molar refractivity (Wildman–Crippen MR) is 97.1 cm³/mol. The van der Waals surface area contributed by atoms with Gasteiger partial charge in [-0.2, -0.15) is 13.2 Å². The molecule has 0 aliphatic rings. The topological polar surface area (TPSA) is 49.4 Å². The molecule has 142 valence electrons. The van der Waals surface area contributed by atoms with Gasteiger partial charge in [0.05, 0.1) is 0 Å². The van der Waals surface area contributed by atoms with Crippen molar-refractivity contribution in [2.24, 2.45) is 0 Å². The molecule has 1 unspecified atom stereocenters. The van der Waals surface area contributed by atoms with E-state index >= 15 is 0 Å². The lowest BCUT2D eigenvalue weighted by atomic mass is 10.0. The average Bonchev–Trinajstić information content (AvgIpc) is 2.66. The molecule has 2 aromatic rings. The predicted octanol–water partition coefficient (Wildman–Crippen LogP) is 3.50. The monoisotopic (exact) mass is 376 g/mol. The van der Waals surface area contributed by atoms with Crippen molar-refractivity contribution in [2.75, 3.05) is 11.9 Å². The maximum atomic E-state index is 12.8. The molecule has 0 radical (unpaired) electrons. The summed E-state index contributed by atoms with van der Waals surface area (Å²) in [5, 5.41) is 2.63. The van der Waals surface area contributed by atoms with Crippen LogP contribution in [0.2, 0.25) is 0 Å². The Kier molecular flexibility index (Phi) is 6.76. The fourth-order valence-corrected chi connectivity index (χ4v) is 2.41. The number of ketones is 1. The van der Waals surface area contributed by atoms with Crippen LogP contribution < -0.4 is 10.2 Å². The Labute approximate surface area is 155 Å². The molecule has 0 spiro atoms. The van der Waals surface area contributed by atoms with Crippen LogP contribution in [0.25, 0.3) is 0 Å². The molecular formula is C20H19F3N2O2. The van der Waals surface area contributed by atoms with Gasteiger partial charge in [0, 0.05) is 31.4 Å². The van der Waals surface area contributed by atoms with Gasteiger partial charge in [-0.25, -0.2) is 0 Å². The molecular weight excluding hydrogens is 357 g/mol. The average molecular weight is 376 g/mol. The number of nitrogens with one attached hydrogen (secondary N) is 1. The summed E-state index contributed by atoms with van der Waals surface area (Å²) >= 11 is 0. The minimum absolute atomic E-state index is 0.251. The highest BCUT2D eigenvalue weighted by Gasteiger charge is 2.36. The molecule has 0 aliphatic heterocycles. The van der Waals surface area contributed by atoms with E-state index in [9.17, 15) is 22.8 Å². The first kappa shape index (κ1) is 20.2. The molecule has 1 amide bonds. The van der Waals surface area contributed by atoms with Crippen LogP contribution in [0.1, 0.15) is 5.56 Å². The zero-order valence-electron chi connectivity index (χ0n) is 14.6. The van der Waals surface area contributed by atoms with Gasteiger partial charge in [0.25, 0.3) is 5.78 Å². The van der Waals surface area contributed by atoms with Crippen LogP contribution in [0.3, 0.4) is 0 Å². The maximum absolute atomic E-state index is 12.8. The molecule has 0 heterocycles. The molecule has 0 aromatic heterocycles. The molecule has 0 saturated heterocycles. The number of carbonyl (C=O) groups is 2. The molecule has 1 atom stereocenters. The van der Waals surface area contributed by atoms with Crippen LogP contribution in [0.5, 0.6) is 0 Å². The van der Waals surface area contributed by atoms with Crippen LogP contribution in [0.4, 0.5) is 18.9 Å². The molecule has 1 N–H and O–H groups in total. The number of allylic oxidation sites excluding steroid dienone is 1. The summed E-state index contributed by atoms with van der Waals surface area (Å²) in [6.45, 7) is 0. The minimum atomic E-state index is -4.95. The normalized spacial score (nSPS) is 12.6. The van der Waals surface area contributed by atoms with Gasteiger partial charge in [0.15, 0.2) is 0 Å². The zero-order valence-corrected chi connectivity index (χ0v) is 14.6. The maximum Gasteiger partial charge on any atom is 0.454 e. The van der Waals surface area contributed by atoms with E-state index < -0.39 is 18.0 Å². The van der Waals surface area contributed by atoms with Gasteiger partial charge in [-0.15, -0.1) is 0 Å². The van der Waals surface area contributed by atoms with Gasteiger partial charge in [-0.3, -0.25) is 9.59 Å². The third-order valence-corrected chi connectivity index (χ3v) is 3.87. The van der Waals surface area contributed by atoms with Crippen molar-refractivity contribution in [1.29, 1.82) is 0 Å². The second-order valence-corrected chi connectivity index (χ2v) is 5.84. The van der Waals surface area contributed by atoms with Crippen molar-refractivity contribution in [3.63, 3.8) is 0 Å². The first-order valence-electron chi connectivity index (χ1n) is 8.19. The van der Waals surface area contributed by atoms with E-state index in [1.54, 1.807) is 43.4 Å². The number of para-hydroxylation sites is 1. The number of hydrogen-bond donors (Lipinski definition) is 1. The lowest BCUT2D eigenvalue weighted by Crippen LogP contribution is -2.44. The number of anilines is 1. The van der Waals surface area contributed by atoms with Crippen molar-refractivity contribution in [2.45, 2.75) is 18.6 Å². The first-order chi connectivity index (χ1) is 12.8. The lowest BCUT2D eigenvalue weighted by Gasteiger charge is -2.24. The Morgan fingerprint density at radius 2 is 1.59 bits per heavy atom. The highest BCUT2D eigenvalue weighted by molar-refractivity contribution is 5.97. The molecule has 2 rings (SSSR count). The SMILES string of the molecule is CN(C(=O)C(Cc1ccccc1)NC=CC(=O)C(F)(F)F)c1ccccc1. The number of rotatable bonds is 7. The van der Waals surface area contributed by atoms with E-state index in [0.717, 1.165) is 11.8 Å². The summed E-state index contributed by atoms with van der Waals surface area (Å²) < 4.78 is 37.0. The van der Waals surface area contributed by atoms with Gasteiger partial charge in [-0.05, 0) is 17.7 Å². The number of nitrogens with zero attached hydrogens (tertiary/aromatic N) is 1. The molecule has 2 aromatic carbocycles. The number of hydrogen-bond acceptors (Lipinski definition) is 3. The molecule has 0 saturated carbocycles. The number of amides is 1. The quantitative estimate of drug-likeness (QED) is 0.753. The fourth-order valence-electron chi connectivity index (χ4n) is 2.41. The van der Waals surface area contributed by atoms with E-state index in [1.807, 2.05) is 24.3 Å². The summed E-state index contributed by atoms with van der Waals surface area (Å²) in [6.07, 6.45) is -3.44. The Bertz CT molecular complexity index is 790. The first-order valence-corrected chi connectivity index (χ1v) is 8.19. The highest BCUT2D eigenvalue weighted by Crippen LogP contribution is 2.17. The van der Waals surface area contributed by atoms with E-state index in [2.05, 4.69) is 5.32 Å². The standard InChI is InChI=1S/C20H19F3N2O2/c1-25(16-10-6-3-7-11-16)19(27)17(14-15-8-4-2-5-9-15)24-13-12-18(26)20(21,22)23/h2-13,17,24H,14H2,1H3. The smallest absolute Gasteiger partial charge is 0.379 e. The molecule has 7 heteroatoms. The van der Waals surface area contributed by atoms with E-state index in [4.69, 9.17) is 0 Å². The molecule has 27 heavy (non-hydrogen) atoms. The summed E-state index contributed by atoms with van der Waals surface area (Å²) in [5.41, 5.74) is 1.48.